The van der Waals surface area contributed by atoms with Crippen molar-refractivity contribution in [3.63, 3.8) is 0 Å². The minimum Gasteiger partial charge on any atom is -0.480 e. The third-order valence-corrected chi connectivity index (χ3v) is 2.48. The highest BCUT2D eigenvalue weighted by Crippen LogP contribution is 2.28. The van der Waals surface area contributed by atoms with Gasteiger partial charge in [0, 0.05) is 5.39 Å². The molecule has 2 rings (SSSR count). The van der Waals surface area contributed by atoms with Crippen LogP contribution in [0.3, 0.4) is 0 Å². The highest BCUT2D eigenvalue weighted by atomic mass is 31.0. The van der Waals surface area contributed by atoms with Crippen LogP contribution in [0.1, 0.15) is 5.56 Å². The van der Waals surface area contributed by atoms with E-state index >= 15 is 0 Å². The van der Waals surface area contributed by atoms with Crippen LogP contribution >= 0.6 is 9.47 Å². The molecule has 1 atom stereocenters. The van der Waals surface area contributed by atoms with Crippen LogP contribution < -0.4 is 4.52 Å². The third kappa shape index (κ3) is 1.40. The zero-order chi connectivity index (χ0) is 9.26. The molecule has 66 valence electrons. The second kappa shape index (κ2) is 3.35. The minimum atomic E-state index is 0.909. The fourth-order valence-corrected chi connectivity index (χ4v) is 1.73. The Morgan fingerprint density at radius 3 is 2.38 bits per heavy atom. The maximum absolute atomic E-state index is 5.20. The van der Waals surface area contributed by atoms with Crippen molar-refractivity contribution < 1.29 is 4.52 Å². The lowest BCUT2D eigenvalue weighted by molar-refractivity contribution is 0.654. The summed E-state index contributed by atoms with van der Waals surface area (Å²) in [5.74, 6) is 0.909. The van der Waals surface area contributed by atoms with Crippen molar-refractivity contribution in [3.8, 4) is 5.75 Å². The van der Waals surface area contributed by atoms with Gasteiger partial charge in [0.15, 0.2) is 0 Å². The van der Waals surface area contributed by atoms with Gasteiger partial charge < -0.3 is 4.52 Å². The van der Waals surface area contributed by atoms with Crippen LogP contribution in [0.2, 0.25) is 0 Å². The largest absolute Gasteiger partial charge is 0.480 e. The topological polar surface area (TPSA) is 9.23 Å². The molecule has 0 bridgehead atoms. The van der Waals surface area contributed by atoms with Crippen LogP contribution in [0.15, 0.2) is 36.4 Å². The molecule has 0 aliphatic heterocycles. The monoisotopic (exact) mass is 190 g/mol. The summed E-state index contributed by atoms with van der Waals surface area (Å²) in [6, 6.07) is 12.3. The molecule has 2 aromatic carbocycles. The quantitative estimate of drug-likeness (QED) is 0.627. The van der Waals surface area contributed by atoms with Crippen molar-refractivity contribution >= 4 is 20.2 Å². The van der Waals surface area contributed by atoms with Gasteiger partial charge in [0.05, 0.1) is 9.47 Å². The first-order chi connectivity index (χ1) is 6.33. The lowest BCUT2D eigenvalue weighted by atomic mass is 10.1. The van der Waals surface area contributed by atoms with E-state index in [1.165, 1.54) is 10.9 Å². The fourth-order valence-electron chi connectivity index (χ4n) is 1.52. The van der Waals surface area contributed by atoms with Gasteiger partial charge in [-0.05, 0) is 23.9 Å². The average molecular weight is 190 g/mol. The number of hydrogen-bond acceptors (Lipinski definition) is 1. The molecular weight excluding hydrogens is 179 g/mol. The summed E-state index contributed by atoms with van der Waals surface area (Å²) in [5.41, 5.74) is 1.28. The zero-order valence-corrected chi connectivity index (χ0v) is 8.60. The maximum Gasteiger partial charge on any atom is 0.130 e. The molecule has 13 heavy (non-hydrogen) atoms. The van der Waals surface area contributed by atoms with Gasteiger partial charge in [-0.1, -0.05) is 30.3 Å². The van der Waals surface area contributed by atoms with Crippen molar-refractivity contribution in [2.45, 2.75) is 6.92 Å². The van der Waals surface area contributed by atoms with Gasteiger partial charge in [-0.3, -0.25) is 0 Å². The molecule has 0 fully saturated rings. The molecule has 0 saturated carbocycles. The Balaban J connectivity index is 2.84. The summed E-state index contributed by atoms with van der Waals surface area (Å²) in [6.07, 6.45) is 0. The second-order valence-corrected chi connectivity index (χ2v) is 3.28. The molecule has 0 aliphatic carbocycles. The normalized spacial score (nSPS) is 10.3. The Morgan fingerprint density at radius 2 is 1.69 bits per heavy atom. The molecular formula is C11H11OP. The van der Waals surface area contributed by atoms with Gasteiger partial charge in [-0.15, -0.1) is 0 Å². The summed E-state index contributed by atoms with van der Waals surface area (Å²) in [6.45, 7) is 2.11. The first-order valence-electron chi connectivity index (χ1n) is 4.18. The van der Waals surface area contributed by atoms with E-state index in [1.807, 2.05) is 18.2 Å². The average Bonchev–Trinajstić information content (AvgIpc) is 2.19. The van der Waals surface area contributed by atoms with Crippen LogP contribution in [0.5, 0.6) is 5.75 Å². The Morgan fingerprint density at radius 1 is 1.00 bits per heavy atom. The number of hydrogen-bond donors (Lipinski definition) is 0. The SMILES string of the molecule is Cc1ccc(OP)c2ccccc12. The van der Waals surface area contributed by atoms with Crippen molar-refractivity contribution in [1.82, 2.24) is 0 Å². The van der Waals surface area contributed by atoms with Crippen LogP contribution in [-0.2, 0) is 0 Å². The van der Waals surface area contributed by atoms with Gasteiger partial charge in [0.2, 0.25) is 0 Å². The van der Waals surface area contributed by atoms with E-state index in [-0.39, 0.29) is 0 Å². The van der Waals surface area contributed by atoms with Crippen LogP contribution in [0.4, 0.5) is 0 Å². The first-order valence-corrected chi connectivity index (χ1v) is 4.65. The summed E-state index contributed by atoms with van der Waals surface area (Å²) >= 11 is 0. The molecule has 1 nitrogen and oxygen atoms in total. The molecule has 2 heteroatoms. The van der Waals surface area contributed by atoms with E-state index in [9.17, 15) is 0 Å². The van der Waals surface area contributed by atoms with E-state index < -0.39 is 0 Å². The highest BCUT2D eigenvalue weighted by Gasteiger charge is 2.01. The third-order valence-electron chi connectivity index (χ3n) is 2.23. The van der Waals surface area contributed by atoms with E-state index in [0.717, 1.165) is 11.1 Å². The van der Waals surface area contributed by atoms with Crippen molar-refractivity contribution in [2.75, 3.05) is 0 Å². The first kappa shape index (κ1) is 8.52. The summed E-state index contributed by atoms with van der Waals surface area (Å²) in [7, 11) is 2.28. The lowest BCUT2D eigenvalue weighted by Crippen LogP contribution is -1.81. The van der Waals surface area contributed by atoms with Crippen molar-refractivity contribution in [2.24, 2.45) is 0 Å². The van der Waals surface area contributed by atoms with E-state index in [4.69, 9.17) is 4.52 Å². The molecule has 0 heterocycles. The van der Waals surface area contributed by atoms with Crippen LogP contribution in [0, 0.1) is 6.92 Å². The number of fused-ring (bicyclic) bond motifs is 1. The van der Waals surface area contributed by atoms with E-state index in [1.54, 1.807) is 0 Å². The molecule has 0 N–H and O–H groups in total. The van der Waals surface area contributed by atoms with Crippen LogP contribution in [-0.4, -0.2) is 0 Å². The zero-order valence-electron chi connectivity index (χ0n) is 7.45. The number of aryl methyl sites for hydroxylation is 1. The highest BCUT2D eigenvalue weighted by molar-refractivity contribution is 7.10. The molecule has 1 unspecified atom stereocenters. The molecule has 0 saturated heterocycles. The summed E-state index contributed by atoms with van der Waals surface area (Å²) < 4.78 is 5.20. The van der Waals surface area contributed by atoms with E-state index in [0.29, 0.717) is 0 Å². The molecule has 2 aromatic rings. The smallest absolute Gasteiger partial charge is 0.130 e. The summed E-state index contributed by atoms with van der Waals surface area (Å²) in [5, 5.41) is 2.42. The Labute approximate surface area is 80.0 Å². The molecule has 0 amide bonds. The molecule has 0 aliphatic rings. The number of rotatable bonds is 1. The van der Waals surface area contributed by atoms with Crippen molar-refractivity contribution in [1.29, 1.82) is 0 Å². The Kier molecular flexibility index (Phi) is 2.20. The van der Waals surface area contributed by atoms with Gasteiger partial charge >= 0.3 is 0 Å². The fraction of sp³-hybridized carbons (Fsp3) is 0.0909. The molecule has 0 spiro atoms. The van der Waals surface area contributed by atoms with Crippen molar-refractivity contribution in [3.05, 3.63) is 42.0 Å². The minimum absolute atomic E-state index is 0.909. The number of benzene rings is 2. The van der Waals surface area contributed by atoms with Gasteiger partial charge in [0.25, 0.3) is 0 Å². The lowest BCUT2D eigenvalue weighted by Gasteiger charge is -2.06. The van der Waals surface area contributed by atoms with Gasteiger partial charge in [-0.25, -0.2) is 0 Å². The Hall–Kier alpha value is -1.07. The van der Waals surface area contributed by atoms with Gasteiger partial charge in [-0.2, -0.15) is 0 Å². The molecule has 0 aromatic heterocycles. The maximum atomic E-state index is 5.20. The summed E-state index contributed by atoms with van der Waals surface area (Å²) in [4.78, 5) is 0. The predicted octanol–water partition coefficient (Wildman–Crippen LogP) is 3.32. The second-order valence-electron chi connectivity index (χ2n) is 3.04. The Bertz CT molecular complexity index is 437. The van der Waals surface area contributed by atoms with Crippen LogP contribution in [0.25, 0.3) is 10.8 Å². The predicted molar refractivity (Wildman–Crippen MR) is 59.0 cm³/mol. The van der Waals surface area contributed by atoms with Gasteiger partial charge in [0.1, 0.15) is 5.75 Å². The molecule has 0 radical (unpaired) electrons. The van der Waals surface area contributed by atoms with E-state index in [2.05, 4.69) is 34.6 Å². The standard InChI is InChI=1S/C11H11OP/c1-8-6-7-11(12-13)10-5-3-2-4-9(8)10/h2-7H,13H2,1H3.